The summed E-state index contributed by atoms with van der Waals surface area (Å²) in [5, 5.41) is 2.28. The minimum atomic E-state index is 0.218. The van der Waals surface area contributed by atoms with E-state index in [0.717, 1.165) is 35.9 Å². The lowest BCUT2D eigenvalue weighted by Gasteiger charge is -2.38. The first-order valence-corrected chi connectivity index (χ1v) is 9.87. The first-order valence-electron chi connectivity index (χ1n) is 9.87. The Kier molecular flexibility index (Phi) is 4.15. The predicted octanol–water partition coefficient (Wildman–Crippen LogP) is 3.21. The molecule has 4 aromatic rings. The highest BCUT2D eigenvalue weighted by Crippen LogP contribution is 2.33. The summed E-state index contributed by atoms with van der Waals surface area (Å²) in [7, 11) is 0. The van der Waals surface area contributed by atoms with Crippen LogP contribution < -0.4 is 0 Å². The van der Waals surface area contributed by atoms with E-state index in [1.807, 2.05) is 28.1 Å². The number of amides is 1. The van der Waals surface area contributed by atoms with Crippen LogP contribution in [0.3, 0.4) is 0 Å². The van der Waals surface area contributed by atoms with Gasteiger partial charge >= 0.3 is 0 Å². The zero-order valence-corrected chi connectivity index (χ0v) is 16.0. The number of nitrogens with one attached hydrogen (secondary N) is 1. The van der Waals surface area contributed by atoms with Gasteiger partial charge in [-0.05, 0) is 24.5 Å². The second-order valence-electron chi connectivity index (χ2n) is 7.75. The van der Waals surface area contributed by atoms with Crippen molar-refractivity contribution in [3.8, 4) is 0 Å². The fraction of sp³-hybridized carbons (Fsp3) is 0.381. The highest BCUT2D eigenvalue weighted by atomic mass is 16.2. The molecular weight excluding hydrogens is 352 g/mol. The Morgan fingerprint density at radius 3 is 3.11 bits per heavy atom. The molecule has 144 valence electrons. The van der Waals surface area contributed by atoms with Crippen LogP contribution in [-0.4, -0.2) is 48.0 Å². The first kappa shape index (κ1) is 17.0. The SMILES string of the molecule is C[C@@H]1CCN(C(=O)CCn2ccnc2)C[C@@H]1n1ccc2cnc3[nH]ccc3c21. The van der Waals surface area contributed by atoms with Gasteiger partial charge in [0.1, 0.15) is 5.65 Å². The van der Waals surface area contributed by atoms with Crippen molar-refractivity contribution in [1.29, 1.82) is 0 Å². The molecule has 4 aromatic heterocycles. The number of likely N-dealkylation sites (tertiary alicyclic amines) is 1. The number of H-pyrrole nitrogens is 1. The molecule has 1 fully saturated rings. The monoisotopic (exact) mass is 376 g/mol. The van der Waals surface area contributed by atoms with Crippen LogP contribution in [0.5, 0.6) is 0 Å². The number of hydrogen-bond acceptors (Lipinski definition) is 3. The molecule has 5 rings (SSSR count). The van der Waals surface area contributed by atoms with Crippen LogP contribution >= 0.6 is 0 Å². The molecule has 0 radical (unpaired) electrons. The number of piperidine rings is 1. The molecule has 1 N–H and O–H groups in total. The number of aryl methyl sites for hydroxylation is 1. The van der Waals surface area contributed by atoms with Gasteiger partial charge in [0.05, 0.1) is 17.9 Å². The fourth-order valence-corrected chi connectivity index (χ4v) is 4.37. The number of carbonyl (C=O) groups excluding carboxylic acids is 1. The van der Waals surface area contributed by atoms with E-state index in [4.69, 9.17) is 0 Å². The Bertz CT molecular complexity index is 1110. The number of rotatable bonds is 4. The summed E-state index contributed by atoms with van der Waals surface area (Å²) in [6.07, 6.45) is 12.9. The summed E-state index contributed by atoms with van der Waals surface area (Å²) in [5.74, 6) is 0.728. The van der Waals surface area contributed by atoms with Gasteiger partial charge in [-0.15, -0.1) is 0 Å². The van der Waals surface area contributed by atoms with E-state index >= 15 is 0 Å². The lowest BCUT2D eigenvalue weighted by Crippen LogP contribution is -2.44. The highest BCUT2D eigenvalue weighted by molar-refractivity contribution is 6.02. The topological polar surface area (TPSA) is 71.7 Å². The van der Waals surface area contributed by atoms with Crippen LogP contribution in [0.4, 0.5) is 0 Å². The van der Waals surface area contributed by atoms with E-state index in [1.165, 1.54) is 5.52 Å². The number of aromatic amines is 1. The molecule has 28 heavy (non-hydrogen) atoms. The van der Waals surface area contributed by atoms with Gasteiger partial charge in [0, 0.05) is 67.8 Å². The average Bonchev–Trinajstić information content (AvgIpc) is 3.45. The second kappa shape index (κ2) is 6.82. The number of hydrogen-bond donors (Lipinski definition) is 1. The van der Waals surface area contributed by atoms with Gasteiger partial charge in [-0.3, -0.25) is 4.79 Å². The lowest BCUT2D eigenvalue weighted by molar-refractivity contribution is -0.133. The first-order chi connectivity index (χ1) is 13.7. The van der Waals surface area contributed by atoms with Crippen LogP contribution in [0.2, 0.25) is 0 Å². The normalized spacial score (nSPS) is 20.2. The van der Waals surface area contributed by atoms with Crippen LogP contribution in [0.25, 0.3) is 21.9 Å². The van der Waals surface area contributed by atoms with Crippen LogP contribution in [0.15, 0.2) is 49.4 Å². The fourth-order valence-electron chi connectivity index (χ4n) is 4.37. The number of pyridine rings is 1. The number of fused-ring (bicyclic) bond motifs is 3. The average molecular weight is 376 g/mol. The Balaban J connectivity index is 1.41. The van der Waals surface area contributed by atoms with Crippen molar-refractivity contribution < 1.29 is 4.79 Å². The van der Waals surface area contributed by atoms with Crippen LogP contribution in [-0.2, 0) is 11.3 Å². The third-order valence-corrected chi connectivity index (χ3v) is 6.03. The van der Waals surface area contributed by atoms with Gasteiger partial charge in [0.15, 0.2) is 0 Å². The van der Waals surface area contributed by atoms with E-state index in [2.05, 4.69) is 44.8 Å². The molecule has 1 aliphatic heterocycles. The molecule has 1 aliphatic rings. The van der Waals surface area contributed by atoms with Gasteiger partial charge in [-0.2, -0.15) is 0 Å². The zero-order valence-electron chi connectivity index (χ0n) is 16.0. The van der Waals surface area contributed by atoms with Gasteiger partial charge in [0.25, 0.3) is 0 Å². The molecule has 7 heteroatoms. The molecule has 1 saturated heterocycles. The summed E-state index contributed by atoms with van der Waals surface area (Å²) < 4.78 is 4.31. The van der Waals surface area contributed by atoms with Crippen molar-refractivity contribution in [3.05, 3.63) is 49.4 Å². The van der Waals surface area contributed by atoms with Gasteiger partial charge in [-0.1, -0.05) is 6.92 Å². The van der Waals surface area contributed by atoms with Crippen LogP contribution in [0.1, 0.15) is 25.8 Å². The summed E-state index contributed by atoms with van der Waals surface area (Å²) in [5.41, 5.74) is 2.11. The molecule has 0 saturated carbocycles. The Labute approximate surface area is 163 Å². The number of imidazole rings is 1. The molecule has 0 aromatic carbocycles. The van der Waals surface area contributed by atoms with E-state index in [0.29, 0.717) is 18.9 Å². The summed E-state index contributed by atoms with van der Waals surface area (Å²) in [6, 6.07) is 4.48. The lowest BCUT2D eigenvalue weighted by atomic mass is 9.92. The maximum atomic E-state index is 12.8. The van der Waals surface area contributed by atoms with E-state index < -0.39 is 0 Å². The Hall–Kier alpha value is -3.09. The van der Waals surface area contributed by atoms with E-state index in [9.17, 15) is 4.79 Å². The quantitative estimate of drug-likeness (QED) is 0.594. The molecule has 0 aliphatic carbocycles. The summed E-state index contributed by atoms with van der Waals surface area (Å²) in [6.45, 7) is 4.56. The van der Waals surface area contributed by atoms with Crippen molar-refractivity contribution >= 4 is 27.8 Å². The van der Waals surface area contributed by atoms with Crippen molar-refractivity contribution in [2.45, 2.75) is 32.4 Å². The number of carbonyl (C=O) groups is 1. The smallest absolute Gasteiger partial charge is 0.224 e. The van der Waals surface area contributed by atoms with Crippen molar-refractivity contribution in [3.63, 3.8) is 0 Å². The molecule has 0 unspecified atom stereocenters. The zero-order chi connectivity index (χ0) is 19.1. The standard InChI is InChI=1S/C21H24N6O/c1-15-3-9-26(19(28)5-8-25-11-7-22-14-25)13-18(15)27-10-4-16-12-24-21-17(20(16)27)2-6-23-21/h2,4,6-7,10-12,14-15,18H,3,5,8-9,13H2,1H3,(H,23,24)/t15-,18+/m1/s1. The third kappa shape index (κ3) is 2.87. The predicted molar refractivity (Wildman–Crippen MR) is 108 cm³/mol. The molecule has 2 atom stereocenters. The Morgan fingerprint density at radius 2 is 2.25 bits per heavy atom. The minimum Gasteiger partial charge on any atom is -0.346 e. The summed E-state index contributed by atoms with van der Waals surface area (Å²) in [4.78, 5) is 26.6. The van der Waals surface area contributed by atoms with Crippen molar-refractivity contribution in [2.75, 3.05) is 13.1 Å². The van der Waals surface area contributed by atoms with Crippen molar-refractivity contribution in [2.24, 2.45) is 5.92 Å². The molecule has 0 bridgehead atoms. The largest absolute Gasteiger partial charge is 0.346 e. The maximum Gasteiger partial charge on any atom is 0.224 e. The molecular formula is C21H24N6O. The molecule has 1 amide bonds. The Morgan fingerprint density at radius 1 is 1.32 bits per heavy atom. The van der Waals surface area contributed by atoms with Crippen molar-refractivity contribution in [1.82, 2.24) is 29.0 Å². The van der Waals surface area contributed by atoms with Gasteiger partial charge in [-0.25, -0.2) is 9.97 Å². The number of nitrogens with zero attached hydrogens (tertiary/aromatic N) is 5. The maximum absolute atomic E-state index is 12.8. The second-order valence-corrected chi connectivity index (χ2v) is 7.75. The molecule has 7 nitrogen and oxygen atoms in total. The van der Waals surface area contributed by atoms with Crippen LogP contribution in [0, 0.1) is 5.92 Å². The third-order valence-electron chi connectivity index (χ3n) is 6.03. The minimum absolute atomic E-state index is 0.218. The summed E-state index contributed by atoms with van der Waals surface area (Å²) >= 11 is 0. The molecule has 0 spiro atoms. The van der Waals surface area contributed by atoms with Gasteiger partial charge < -0.3 is 19.0 Å². The van der Waals surface area contributed by atoms with Gasteiger partial charge in [0.2, 0.25) is 5.91 Å². The van der Waals surface area contributed by atoms with E-state index in [-0.39, 0.29) is 11.9 Å². The number of aromatic nitrogens is 5. The highest BCUT2D eigenvalue weighted by Gasteiger charge is 2.30. The van der Waals surface area contributed by atoms with E-state index in [1.54, 1.807) is 12.5 Å². The molecule has 5 heterocycles.